The van der Waals surface area contributed by atoms with Gasteiger partial charge in [-0.3, -0.25) is 4.79 Å². The summed E-state index contributed by atoms with van der Waals surface area (Å²) >= 11 is 3.37. The van der Waals surface area contributed by atoms with Crippen LogP contribution in [0.4, 0.5) is 0 Å². The quantitative estimate of drug-likeness (QED) is 0.790. The van der Waals surface area contributed by atoms with Gasteiger partial charge in [0.05, 0.1) is 12.7 Å². The van der Waals surface area contributed by atoms with Crippen LogP contribution in [-0.4, -0.2) is 12.9 Å². The van der Waals surface area contributed by atoms with Crippen molar-refractivity contribution in [2.75, 3.05) is 7.11 Å². The fraction of sp³-hybridized carbons (Fsp3) is 0.188. The normalized spacial score (nSPS) is 10.3. The first-order valence-electron chi connectivity index (χ1n) is 6.02. The molecule has 2 nitrogen and oxygen atoms in total. The molecule has 0 spiro atoms. The summed E-state index contributed by atoms with van der Waals surface area (Å²) in [5.41, 5.74) is 2.82. The van der Waals surface area contributed by atoms with E-state index in [4.69, 9.17) is 4.74 Å². The third-order valence-electron chi connectivity index (χ3n) is 2.95. The largest absolute Gasteiger partial charge is 0.496 e. The topological polar surface area (TPSA) is 26.3 Å². The van der Waals surface area contributed by atoms with Crippen LogP contribution in [0.15, 0.2) is 46.9 Å². The molecule has 0 aliphatic rings. The van der Waals surface area contributed by atoms with E-state index in [1.165, 1.54) is 5.56 Å². The van der Waals surface area contributed by atoms with Gasteiger partial charge in [-0.15, -0.1) is 0 Å². The van der Waals surface area contributed by atoms with Crippen molar-refractivity contribution in [3.63, 3.8) is 0 Å². The Morgan fingerprint density at radius 1 is 1.16 bits per heavy atom. The molecule has 2 aromatic carbocycles. The summed E-state index contributed by atoms with van der Waals surface area (Å²) in [5, 5.41) is 0. The number of aryl methyl sites for hydroxylation is 1. The predicted molar refractivity (Wildman–Crippen MR) is 79.9 cm³/mol. The molecular formula is C16H15BrO2. The molecule has 0 unspecified atom stereocenters. The summed E-state index contributed by atoms with van der Waals surface area (Å²) in [4.78, 5) is 12.3. The van der Waals surface area contributed by atoms with Gasteiger partial charge < -0.3 is 4.74 Å². The first-order chi connectivity index (χ1) is 9.10. The number of carbonyl (C=O) groups excluding carboxylic acids is 1. The maximum absolute atomic E-state index is 12.3. The Morgan fingerprint density at radius 3 is 2.47 bits per heavy atom. The number of Topliss-reactive ketones (excluding diaryl/α,β-unsaturated/α-hetero) is 1. The zero-order valence-corrected chi connectivity index (χ0v) is 12.5. The monoisotopic (exact) mass is 318 g/mol. The van der Waals surface area contributed by atoms with Crippen LogP contribution in [0, 0.1) is 6.92 Å². The number of hydrogen-bond acceptors (Lipinski definition) is 2. The van der Waals surface area contributed by atoms with Gasteiger partial charge in [0, 0.05) is 10.9 Å². The van der Waals surface area contributed by atoms with E-state index < -0.39 is 0 Å². The van der Waals surface area contributed by atoms with E-state index in [9.17, 15) is 4.79 Å². The first-order valence-corrected chi connectivity index (χ1v) is 6.81. The molecule has 0 N–H and O–H groups in total. The number of ketones is 1. The summed E-state index contributed by atoms with van der Waals surface area (Å²) < 4.78 is 6.15. The Bertz CT molecular complexity index is 588. The SMILES string of the molecule is COc1cc(Br)ccc1C(=O)Cc1ccc(C)cc1. The molecule has 0 radical (unpaired) electrons. The van der Waals surface area contributed by atoms with Gasteiger partial charge in [-0.25, -0.2) is 0 Å². The average molecular weight is 319 g/mol. The van der Waals surface area contributed by atoms with Crippen LogP contribution in [0.1, 0.15) is 21.5 Å². The number of halogens is 1. The van der Waals surface area contributed by atoms with Gasteiger partial charge in [0.15, 0.2) is 5.78 Å². The Morgan fingerprint density at radius 2 is 1.84 bits per heavy atom. The molecule has 0 heterocycles. The summed E-state index contributed by atoms with van der Waals surface area (Å²) in [6.45, 7) is 2.03. The van der Waals surface area contributed by atoms with Crippen LogP contribution in [0.2, 0.25) is 0 Å². The van der Waals surface area contributed by atoms with E-state index in [2.05, 4.69) is 15.9 Å². The Hall–Kier alpha value is -1.61. The van der Waals surface area contributed by atoms with Crippen molar-refractivity contribution in [3.8, 4) is 5.75 Å². The van der Waals surface area contributed by atoms with Crippen molar-refractivity contribution in [1.29, 1.82) is 0 Å². The Balaban J connectivity index is 2.22. The fourth-order valence-corrected chi connectivity index (χ4v) is 2.22. The van der Waals surface area contributed by atoms with Gasteiger partial charge in [0.25, 0.3) is 0 Å². The molecular weight excluding hydrogens is 304 g/mol. The number of methoxy groups -OCH3 is 1. The minimum atomic E-state index is 0.0632. The van der Waals surface area contributed by atoms with Gasteiger partial charge in [0.1, 0.15) is 5.75 Å². The van der Waals surface area contributed by atoms with Crippen molar-refractivity contribution < 1.29 is 9.53 Å². The third kappa shape index (κ3) is 3.44. The Kier molecular flexibility index (Phi) is 4.38. The molecule has 0 amide bonds. The van der Waals surface area contributed by atoms with Crippen LogP contribution in [-0.2, 0) is 6.42 Å². The number of carbonyl (C=O) groups is 1. The van der Waals surface area contributed by atoms with E-state index in [-0.39, 0.29) is 5.78 Å². The van der Waals surface area contributed by atoms with Crippen molar-refractivity contribution in [1.82, 2.24) is 0 Å². The van der Waals surface area contributed by atoms with Gasteiger partial charge >= 0.3 is 0 Å². The highest BCUT2D eigenvalue weighted by Crippen LogP contribution is 2.24. The van der Waals surface area contributed by atoms with Crippen molar-refractivity contribution in [2.24, 2.45) is 0 Å². The summed E-state index contributed by atoms with van der Waals surface area (Å²) in [7, 11) is 1.57. The highest BCUT2D eigenvalue weighted by atomic mass is 79.9. The molecule has 0 aromatic heterocycles. The molecule has 0 fully saturated rings. The van der Waals surface area contributed by atoms with Crippen LogP contribution < -0.4 is 4.74 Å². The van der Waals surface area contributed by atoms with Gasteiger partial charge in [-0.05, 0) is 30.7 Å². The van der Waals surface area contributed by atoms with Crippen LogP contribution in [0.3, 0.4) is 0 Å². The number of hydrogen-bond donors (Lipinski definition) is 0. The van der Waals surface area contributed by atoms with Crippen molar-refractivity contribution >= 4 is 21.7 Å². The van der Waals surface area contributed by atoms with Crippen LogP contribution in [0.25, 0.3) is 0 Å². The third-order valence-corrected chi connectivity index (χ3v) is 3.44. The fourth-order valence-electron chi connectivity index (χ4n) is 1.88. The summed E-state index contributed by atoms with van der Waals surface area (Å²) in [6.07, 6.45) is 0.387. The zero-order valence-electron chi connectivity index (χ0n) is 10.9. The number of benzene rings is 2. The maximum atomic E-state index is 12.3. The molecule has 0 saturated heterocycles. The molecule has 2 rings (SSSR count). The standard InChI is InChI=1S/C16H15BrO2/c1-11-3-5-12(6-4-11)9-15(18)14-8-7-13(17)10-16(14)19-2/h3-8,10H,9H2,1-2H3. The molecule has 0 aliphatic carbocycles. The molecule has 0 bridgehead atoms. The molecule has 0 saturated carbocycles. The average Bonchev–Trinajstić information content (AvgIpc) is 2.41. The smallest absolute Gasteiger partial charge is 0.170 e. The highest BCUT2D eigenvalue weighted by molar-refractivity contribution is 9.10. The first kappa shape index (κ1) is 13.8. The van der Waals surface area contributed by atoms with E-state index >= 15 is 0 Å². The van der Waals surface area contributed by atoms with Crippen LogP contribution in [0.5, 0.6) is 5.75 Å². The molecule has 2 aromatic rings. The second kappa shape index (κ2) is 6.02. The lowest BCUT2D eigenvalue weighted by Crippen LogP contribution is -2.05. The summed E-state index contributed by atoms with van der Waals surface area (Å²) in [6, 6.07) is 13.5. The maximum Gasteiger partial charge on any atom is 0.170 e. The van der Waals surface area contributed by atoms with E-state index in [0.717, 1.165) is 10.0 Å². The Labute approximate surface area is 121 Å². The van der Waals surface area contributed by atoms with E-state index in [1.807, 2.05) is 43.3 Å². The molecule has 3 heteroatoms. The lowest BCUT2D eigenvalue weighted by molar-refractivity contribution is 0.0990. The minimum absolute atomic E-state index is 0.0632. The molecule has 19 heavy (non-hydrogen) atoms. The van der Waals surface area contributed by atoms with E-state index in [0.29, 0.717) is 17.7 Å². The second-order valence-electron chi connectivity index (χ2n) is 4.43. The lowest BCUT2D eigenvalue weighted by atomic mass is 10.0. The van der Waals surface area contributed by atoms with Crippen molar-refractivity contribution in [3.05, 3.63) is 63.6 Å². The molecule has 98 valence electrons. The zero-order chi connectivity index (χ0) is 13.8. The lowest BCUT2D eigenvalue weighted by Gasteiger charge is -2.08. The second-order valence-corrected chi connectivity index (χ2v) is 5.35. The minimum Gasteiger partial charge on any atom is -0.496 e. The molecule has 0 atom stereocenters. The number of ether oxygens (including phenoxy) is 1. The van der Waals surface area contributed by atoms with Gasteiger partial charge in [-0.2, -0.15) is 0 Å². The van der Waals surface area contributed by atoms with E-state index in [1.54, 1.807) is 13.2 Å². The van der Waals surface area contributed by atoms with Crippen molar-refractivity contribution in [2.45, 2.75) is 13.3 Å². The predicted octanol–water partition coefficient (Wildman–Crippen LogP) is 4.19. The van der Waals surface area contributed by atoms with Gasteiger partial charge in [-0.1, -0.05) is 45.8 Å². The highest BCUT2D eigenvalue weighted by Gasteiger charge is 2.13. The van der Waals surface area contributed by atoms with Crippen LogP contribution >= 0.6 is 15.9 Å². The van der Waals surface area contributed by atoms with Gasteiger partial charge in [0.2, 0.25) is 0 Å². The summed E-state index contributed by atoms with van der Waals surface area (Å²) in [5.74, 6) is 0.666. The number of rotatable bonds is 4. The molecule has 0 aliphatic heterocycles.